The second-order valence-electron chi connectivity index (χ2n) is 4.42. The Bertz CT molecular complexity index is 401. The number of carbonyl (C=O) groups is 1. The van der Waals surface area contributed by atoms with Crippen molar-refractivity contribution in [3.63, 3.8) is 0 Å². The number of hydrogen-bond acceptors (Lipinski definition) is 6. The fourth-order valence-electron chi connectivity index (χ4n) is 0.728. The van der Waals surface area contributed by atoms with Gasteiger partial charge in [-0.1, -0.05) is 6.58 Å². The van der Waals surface area contributed by atoms with Gasteiger partial charge in [-0.15, -0.1) is 0 Å². The molecule has 9 heteroatoms. The first-order chi connectivity index (χ1) is 8.99. The molecule has 0 unspecified atom stereocenters. The van der Waals surface area contributed by atoms with Gasteiger partial charge in [0.05, 0.1) is 13.2 Å². The number of nitrogens with one attached hydrogen (secondary N) is 2. The molecule has 0 atom stereocenters. The fourth-order valence-corrected chi connectivity index (χ4v) is 0.949. The van der Waals surface area contributed by atoms with E-state index in [1.54, 1.807) is 0 Å². The van der Waals surface area contributed by atoms with Crippen molar-refractivity contribution in [2.75, 3.05) is 26.3 Å². The van der Waals surface area contributed by atoms with Crippen molar-refractivity contribution in [2.45, 2.75) is 25.6 Å². The molecule has 0 rings (SSSR count). The first kappa shape index (κ1) is 21.3. The lowest BCUT2D eigenvalue weighted by atomic mass is 10.3. The monoisotopic (exact) mass is 312 g/mol. The Kier molecular flexibility index (Phi) is 10.5. The first-order valence-corrected chi connectivity index (χ1v) is 7.31. The standard InChI is InChI=1S/C7H13NO4S.C4H11NO2/c1-5(2)6(9)8-7(3,4)13(10,11)12;6-3-1-5-2-4-7/h1H2,2-4H3,(H,8,9)(H,10,11,12);5-7H,1-4H2. The van der Waals surface area contributed by atoms with E-state index in [0.717, 1.165) is 0 Å². The summed E-state index contributed by atoms with van der Waals surface area (Å²) in [4.78, 5) is 9.33. The Hall–Kier alpha value is -1.00. The molecule has 1 amide bonds. The molecule has 0 aliphatic carbocycles. The Balaban J connectivity index is 0. The minimum atomic E-state index is -4.30. The molecule has 0 heterocycles. The highest BCUT2D eigenvalue weighted by atomic mass is 32.2. The van der Waals surface area contributed by atoms with E-state index in [1.807, 2.05) is 0 Å². The predicted octanol–water partition coefficient (Wildman–Crippen LogP) is -1.14. The molecule has 0 radical (unpaired) electrons. The van der Waals surface area contributed by atoms with Gasteiger partial charge in [0.1, 0.15) is 0 Å². The molecule has 0 saturated heterocycles. The van der Waals surface area contributed by atoms with Gasteiger partial charge in [0.15, 0.2) is 4.87 Å². The lowest BCUT2D eigenvalue weighted by Crippen LogP contribution is -2.49. The summed E-state index contributed by atoms with van der Waals surface area (Å²) in [5, 5.41) is 21.2. The van der Waals surface area contributed by atoms with Gasteiger partial charge in [-0.05, 0) is 20.8 Å². The van der Waals surface area contributed by atoms with E-state index in [-0.39, 0.29) is 18.8 Å². The van der Waals surface area contributed by atoms with Crippen LogP contribution in [0.2, 0.25) is 0 Å². The smallest absolute Gasteiger partial charge is 0.288 e. The van der Waals surface area contributed by atoms with E-state index < -0.39 is 20.9 Å². The van der Waals surface area contributed by atoms with Gasteiger partial charge in [-0.2, -0.15) is 8.42 Å². The van der Waals surface area contributed by atoms with Crippen LogP contribution in [0.1, 0.15) is 20.8 Å². The van der Waals surface area contributed by atoms with E-state index in [4.69, 9.17) is 14.8 Å². The largest absolute Gasteiger partial charge is 0.395 e. The number of hydrogen-bond donors (Lipinski definition) is 5. The molecule has 0 aliphatic heterocycles. The van der Waals surface area contributed by atoms with Crippen LogP contribution in [0.15, 0.2) is 12.2 Å². The molecule has 0 aliphatic rings. The molecule has 8 nitrogen and oxygen atoms in total. The summed E-state index contributed by atoms with van der Waals surface area (Å²) in [6, 6.07) is 0. The van der Waals surface area contributed by atoms with E-state index in [2.05, 4.69) is 17.2 Å². The number of rotatable bonds is 7. The molecule has 0 spiro atoms. The molecule has 0 aromatic heterocycles. The highest BCUT2D eigenvalue weighted by molar-refractivity contribution is 7.87. The zero-order valence-corrected chi connectivity index (χ0v) is 12.8. The van der Waals surface area contributed by atoms with Gasteiger partial charge in [0, 0.05) is 18.7 Å². The SMILES string of the molecule is C=C(C)C(=O)NC(C)(C)S(=O)(=O)O.OCCNCCO. The zero-order chi connectivity index (χ0) is 16.4. The molecular weight excluding hydrogens is 288 g/mol. The molecule has 20 heavy (non-hydrogen) atoms. The molecule has 0 fully saturated rings. The van der Waals surface area contributed by atoms with Crippen LogP contribution in [0.3, 0.4) is 0 Å². The van der Waals surface area contributed by atoms with Crippen molar-refractivity contribution < 1.29 is 28.0 Å². The summed E-state index contributed by atoms with van der Waals surface area (Å²) < 4.78 is 30.1. The molecule has 0 aromatic rings. The lowest BCUT2D eigenvalue weighted by molar-refractivity contribution is -0.118. The first-order valence-electron chi connectivity index (χ1n) is 5.87. The third-order valence-corrected chi connectivity index (χ3v) is 3.42. The minimum Gasteiger partial charge on any atom is -0.395 e. The summed E-state index contributed by atoms with van der Waals surface area (Å²) in [6.07, 6.45) is 0. The number of carbonyl (C=O) groups excluding carboxylic acids is 1. The maximum Gasteiger partial charge on any atom is 0.288 e. The van der Waals surface area contributed by atoms with Crippen LogP contribution in [-0.2, 0) is 14.9 Å². The van der Waals surface area contributed by atoms with Crippen molar-refractivity contribution in [1.29, 1.82) is 0 Å². The molecule has 5 N–H and O–H groups in total. The van der Waals surface area contributed by atoms with Crippen molar-refractivity contribution in [3.05, 3.63) is 12.2 Å². The van der Waals surface area contributed by atoms with E-state index in [9.17, 15) is 13.2 Å². The molecule has 0 saturated carbocycles. The maximum absolute atomic E-state index is 11.0. The van der Waals surface area contributed by atoms with Gasteiger partial charge >= 0.3 is 0 Å². The maximum atomic E-state index is 11.0. The van der Waals surface area contributed by atoms with Crippen LogP contribution in [0, 0.1) is 0 Å². The second-order valence-corrected chi connectivity index (χ2v) is 6.39. The Labute approximate surface area is 119 Å². The Morgan fingerprint density at radius 1 is 1.20 bits per heavy atom. The van der Waals surface area contributed by atoms with Gasteiger partial charge in [-0.25, -0.2) is 0 Å². The van der Waals surface area contributed by atoms with E-state index in [0.29, 0.717) is 13.1 Å². The molecule has 120 valence electrons. The molecule has 0 aromatic carbocycles. The van der Waals surface area contributed by atoms with Crippen molar-refractivity contribution in [3.8, 4) is 0 Å². The van der Waals surface area contributed by atoms with Crippen LogP contribution in [0.5, 0.6) is 0 Å². The summed E-state index contributed by atoms with van der Waals surface area (Å²) in [5.41, 5.74) is 0.178. The summed E-state index contributed by atoms with van der Waals surface area (Å²) >= 11 is 0. The van der Waals surface area contributed by atoms with Crippen LogP contribution in [0.25, 0.3) is 0 Å². The third-order valence-electron chi connectivity index (χ3n) is 2.02. The van der Waals surface area contributed by atoms with Crippen LogP contribution >= 0.6 is 0 Å². The van der Waals surface area contributed by atoms with Crippen LogP contribution < -0.4 is 10.6 Å². The predicted molar refractivity (Wildman–Crippen MR) is 75.6 cm³/mol. The van der Waals surface area contributed by atoms with Crippen LogP contribution in [0.4, 0.5) is 0 Å². The lowest BCUT2D eigenvalue weighted by Gasteiger charge is -2.22. The zero-order valence-electron chi connectivity index (χ0n) is 12.0. The highest BCUT2D eigenvalue weighted by Gasteiger charge is 2.34. The van der Waals surface area contributed by atoms with Gasteiger partial charge in [0.25, 0.3) is 10.1 Å². The number of amides is 1. The third kappa shape index (κ3) is 9.87. The average Bonchev–Trinajstić information content (AvgIpc) is 2.28. The Morgan fingerprint density at radius 2 is 1.60 bits per heavy atom. The van der Waals surface area contributed by atoms with Gasteiger partial charge in [-0.3, -0.25) is 9.35 Å². The molecular formula is C11H24N2O6S. The summed E-state index contributed by atoms with van der Waals surface area (Å²) in [5.74, 6) is -0.609. The van der Waals surface area contributed by atoms with Gasteiger partial charge < -0.3 is 20.8 Å². The van der Waals surface area contributed by atoms with E-state index in [1.165, 1.54) is 20.8 Å². The van der Waals surface area contributed by atoms with Crippen molar-refractivity contribution >= 4 is 16.0 Å². The highest BCUT2D eigenvalue weighted by Crippen LogP contribution is 2.10. The number of aliphatic hydroxyl groups excluding tert-OH is 2. The normalized spacial score (nSPS) is 11.3. The molecule has 0 bridgehead atoms. The minimum absolute atomic E-state index is 0.139. The van der Waals surface area contributed by atoms with Crippen molar-refractivity contribution in [1.82, 2.24) is 10.6 Å². The Morgan fingerprint density at radius 3 is 1.85 bits per heavy atom. The van der Waals surface area contributed by atoms with Crippen molar-refractivity contribution in [2.24, 2.45) is 0 Å². The fraction of sp³-hybridized carbons (Fsp3) is 0.727. The average molecular weight is 312 g/mol. The quantitative estimate of drug-likeness (QED) is 0.228. The topological polar surface area (TPSA) is 136 Å². The van der Waals surface area contributed by atoms with Gasteiger partial charge in [0.2, 0.25) is 5.91 Å². The summed E-state index contributed by atoms with van der Waals surface area (Å²) in [7, 11) is -4.30. The second kappa shape index (κ2) is 9.83. The van der Waals surface area contributed by atoms with E-state index >= 15 is 0 Å². The number of aliphatic hydroxyl groups is 2. The van der Waals surface area contributed by atoms with Crippen LogP contribution in [-0.4, -0.2) is 60.3 Å². The summed E-state index contributed by atoms with van der Waals surface area (Å²) in [6.45, 7) is 8.56.